The fraction of sp³-hybridized carbons (Fsp3) is 0.344. The number of nitrogens with two attached hydrogens (primary N) is 13. The van der Waals surface area contributed by atoms with Gasteiger partial charge in [-0.1, -0.05) is 305 Å². The summed E-state index contributed by atoms with van der Waals surface area (Å²) >= 11 is 0. The number of imide groups is 1. The third kappa shape index (κ3) is 68.1. The number of hydrogen-bond acceptors (Lipinski definition) is 32. The zero-order chi connectivity index (χ0) is 96.5. The Labute approximate surface area is 734 Å². The van der Waals surface area contributed by atoms with Gasteiger partial charge in [0.05, 0.1) is 55.1 Å². The summed E-state index contributed by atoms with van der Waals surface area (Å²) in [5.41, 5.74) is 15.9. The van der Waals surface area contributed by atoms with E-state index in [-0.39, 0.29) is 31.7 Å². The Hall–Kier alpha value is -11.4. The molecule has 12 rings (SSSR count). The monoisotopic (exact) mass is 1740 g/mol. The maximum Gasteiger partial charge on any atom is 0.421 e. The number of aromatic nitrogens is 1. The standard InChI is InChI=1S/C11H11NO.C9H8N2O3.C8H8N2O3.C8H9NO2.C8H11NO.C7H7NO2.C7H9NO.C6H7NO.C4H9NO.2C2H5NO2.8C2H6.2CH5N/c12-13-8-10-6-3-5-9-4-1-2-7-11(9)10;10-14-5-11-8(12)6-3-1-2-4-7(6)9(11)13;9-12-5-10-6-3-1-2-4-7(6)13-8(10)11;9-11-8(10)6-7-4-2-1-3-5-7;9-10-7-6-8-4-2-1-3-5-8;8-10-7(9)6-4-2-1-3-5-6;8-9-6-7-4-2-1-3-5-7;7-8-6-4-2-1-3-5-6;5-6-3-4-1-2-4;2*1-2(4)5-3;10*1-2/h1-7H,8,12H2;1-4H,5,10H2;1-4H,5,9H2;1-5H,6,9H2;1-5H,6-7,9H2;1-5H,8H2;1-5H,6,8H2;1-5H,7H2;4H,1-3,5H2;2*3H2,1H3;8*1-2H3;2*2H2,1H3. The second-order valence-corrected chi connectivity index (χ2v) is 20.6. The molecule has 1 aliphatic heterocycles. The van der Waals surface area contributed by atoms with Gasteiger partial charge in [-0.2, -0.15) is 29.5 Å². The largest absolute Gasteiger partial charge is 0.421 e. The molecule has 0 spiro atoms. The van der Waals surface area contributed by atoms with Gasteiger partial charge in [-0.05, 0) is 121 Å². The molecule has 1 saturated carbocycles. The van der Waals surface area contributed by atoms with Gasteiger partial charge >= 0.3 is 29.6 Å². The van der Waals surface area contributed by atoms with Gasteiger partial charge in [-0.15, -0.1) is 0 Å². The first kappa shape index (κ1) is 131. The van der Waals surface area contributed by atoms with Gasteiger partial charge in [0.1, 0.15) is 19.2 Å². The Morgan fingerprint density at radius 3 is 1.15 bits per heavy atom. The molecule has 0 saturated heterocycles. The maximum absolute atomic E-state index is 11.6. The van der Waals surface area contributed by atoms with Crippen LogP contribution in [0.25, 0.3) is 21.9 Å². The van der Waals surface area contributed by atoms with E-state index in [2.05, 4.69) is 119 Å². The molecule has 0 atom stereocenters. The lowest BCUT2D eigenvalue weighted by Crippen LogP contribution is -2.33. The van der Waals surface area contributed by atoms with Crippen LogP contribution in [0.15, 0.2) is 252 Å². The van der Waals surface area contributed by atoms with Crippen molar-refractivity contribution >= 4 is 57.6 Å². The normalized spacial score (nSPS) is 9.54. The molecule has 1 fully saturated rings. The summed E-state index contributed by atoms with van der Waals surface area (Å²) < 4.78 is 6.24. The van der Waals surface area contributed by atoms with Gasteiger partial charge < -0.3 is 49.7 Å². The number of oxazole rings is 1. The quantitative estimate of drug-likeness (QED) is 0.0297. The molecule has 9 aromatic carbocycles. The first-order chi connectivity index (χ1) is 60.4. The van der Waals surface area contributed by atoms with Crippen molar-refractivity contribution in [3.63, 3.8) is 0 Å². The zero-order valence-corrected chi connectivity index (χ0v) is 76.4. The van der Waals surface area contributed by atoms with Crippen LogP contribution in [0.3, 0.4) is 0 Å². The van der Waals surface area contributed by atoms with Crippen LogP contribution in [-0.4, -0.2) is 79.2 Å². The minimum absolute atomic E-state index is 0.00412. The average molecular weight is 1740 g/mol. The minimum Gasteiger partial charge on any atom is -0.412 e. The number of rotatable bonds is 17. The van der Waals surface area contributed by atoms with Gasteiger partial charge in [0.25, 0.3) is 11.8 Å². The number of amides is 2. The number of fused-ring (bicyclic) bond motifs is 3. The molecule has 1 aromatic heterocycles. The van der Waals surface area contributed by atoms with Crippen LogP contribution in [0.5, 0.6) is 5.75 Å². The molecule has 2 aliphatic rings. The molecule has 0 unspecified atom stereocenters. The molecule has 1 aliphatic carbocycles. The summed E-state index contributed by atoms with van der Waals surface area (Å²) in [6.07, 6.45) is 3.75. The Morgan fingerprint density at radius 1 is 0.387 bits per heavy atom. The van der Waals surface area contributed by atoms with E-state index >= 15 is 0 Å². The molecule has 34 nitrogen and oxygen atoms in total. The van der Waals surface area contributed by atoms with Crippen molar-refractivity contribution in [1.29, 1.82) is 0 Å². The highest BCUT2D eigenvalue weighted by molar-refractivity contribution is 6.21. The van der Waals surface area contributed by atoms with E-state index in [1.807, 2.05) is 244 Å². The van der Waals surface area contributed by atoms with Gasteiger partial charge in [-0.3, -0.25) is 43.3 Å². The fourth-order valence-corrected chi connectivity index (χ4v) is 8.01. The second-order valence-electron chi connectivity index (χ2n) is 20.6. The molecule has 26 N–H and O–H groups in total. The summed E-state index contributed by atoms with van der Waals surface area (Å²) in [5.74, 6) is 50.5. The molecule has 0 radical (unpaired) electrons. The van der Waals surface area contributed by atoms with Gasteiger partial charge in [0.15, 0.2) is 5.58 Å². The van der Waals surface area contributed by atoms with E-state index in [1.54, 1.807) is 78.9 Å². The third-order valence-electron chi connectivity index (χ3n) is 13.1. The number of hydrogen-bond donors (Lipinski definition) is 13. The van der Waals surface area contributed by atoms with Crippen molar-refractivity contribution in [1.82, 2.24) is 9.47 Å². The van der Waals surface area contributed by atoms with Crippen molar-refractivity contribution in [3.8, 4) is 5.75 Å². The first-order valence-electron chi connectivity index (χ1n) is 40.1. The topological polar surface area (TPSA) is 581 Å². The van der Waals surface area contributed by atoms with E-state index in [1.165, 1.54) is 61.7 Å². The number of carbonyl (C=O) groups excluding carboxylic acids is 6. The van der Waals surface area contributed by atoms with Crippen LogP contribution < -0.4 is 86.9 Å². The van der Waals surface area contributed by atoms with Crippen LogP contribution in [0.2, 0.25) is 0 Å². The van der Waals surface area contributed by atoms with Crippen molar-refractivity contribution in [3.05, 3.63) is 292 Å². The van der Waals surface area contributed by atoms with Crippen LogP contribution in [0, 0.1) is 5.92 Å². The maximum atomic E-state index is 11.6. The molecule has 124 heavy (non-hydrogen) atoms. The lowest BCUT2D eigenvalue weighted by Gasteiger charge is -2.10. The Balaban J connectivity index is -0.000000166. The number of carbonyl (C=O) groups is 6. The Bertz CT molecular complexity index is 4000. The molecule has 34 heteroatoms. The van der Waals surface area contributed by atoms with E-state index in [0.717, 1.165) is 40.5 Å². The predicted molar refractivity (Wildman–Crippen MR) is 495 cm³/mol. The number of para-hydroxylation sites is 3. The van der Waals surface area contributed by atoms with Crippen molar-refractivity contribution in [2.45, 2.75) is 170 Å². The van der Waals surface area contributed by atoms with Crippen LogP contribution in [0.1, 0.15) is 191 Å². The molecule has 2 amide bonds. The highest BCUT2D eigenvalue weighted by Gasteiger charge is 2.35. The van der Waals surface area contributed by atoms with Crippen LogP contribution in [0.4, 0.5) is 0 Å². The summed E-state index contributed by atoms with van der Waals surface area (Å²) in [6.45, 7) is 36.6. The Kier molecular flexibility index (Phi) is 106. The number of nitrogens with zero attached hydrogens (tertiary/aromatic N) is 2. The van der Waals surface area contributed by atoms with Gasteiger partial charge in [-0.25, -0.2) is 54.4 Å². The number of benzene rings is 9. The second kappa shape index (κ2) is 100. The summed E-state index contributed by atoms with van der Waals surface area (Å²) in [6, 6.07) is 75.0. The Morgan fingerprint density at radius 2 is 0.774 bits per heavy atom. The van der Waals surface area contributed by atoms with Crippen molar-refractivity contribution < 1.29 is 86.4 Å². The van der Waals surface area contributed by atoms with Crippen LogP contribution >= 0.6 is 0 Å². The third-order valence-corrected chi connectivity index (χ3v) is 13.1. The minimum atomic E-state index is -0.513. The van der Waals surface area contributed by atoms with E-state index in [0.29, 0.717) is 53.4 Å². The summed E-state index contributed by atoms with van der Waals surface area (Å²) in [5, 5.41) is 2.42. The average Bonchev–Trinajstić information content (AvgIpc) is 1.65. The zero-order valence-electron chi connectivity index (χ0n) is 76.4. The SMILES string of the molecule is CC.CC.CC.CC.CC.CC.CC.CC.CC(=O)ON.CC(=O)ON.CN.CN.NOC(=O)Cc1ccccc1.NOC(=O)c1ccccc1.NOCC1CC1.NOCCc1ccccc1.NOCN1C(=O)c2ccccc2C1=O.NOCc1cccc2ccccc12.NOCc1ccccc1.NOCn1c(=O)oc2ccccc21.NOc1ccccc1. The molecular formula is C90H147N15O19. The molecule has 696 valence electrons. The lowest BCUT2D eigenvalue weighted by atomic mass is 10.1. The smallest absolute Gasteiger partial charge is 0.412 e. The molecule has 10 aromatic rings. The molecule has 2 heterocycles. The van der Waals surface area contributed by atoms with Crippen molar-refractivity contribution in [2.75, 3.05) is 34.0 Å². The van der Waals surface area contributed by atoms with Gasteiger partial charge in [0, 0.05) is 13.8 Å². The highest BCUT2D eigenvalue weighted by Crippen LogP contribution is 2.28. The molecule has 0 bridgehead atoms. The van der Waals surface area contributed by atoms with Gasteiger partial charge in [0.2, 0.25) is 0 Å². The first-order valence-corrected chi connectivity index (χ1v) is 40.1. The summed E-state index contributed by atoms with van der Waals surface area (Å²) in [4.78, 5) is 122. The highest BCUT2D eigenvalue weighted by atomic mass is 16.7. The van der Waals surface area contributed by atoms with Crippen LogP contribution in [-0.2, 0) is 95.5 Å². The van der Waals surface area contributed by atoms with Crippen molar-refractivity contribution in [2.24, 2.45) is 82.3 Å². The fourth-order valence-electron chi connectivity index (χ4n) is 8.01. The van der Waals surface area contributed by atoms with E-state index < -0.39 is 29.6 Å². The predicted octanol–water partition coefficient (Wildman–Crippen LogP) is 13.8. The van der Waals surface area contributed by atoms with E-state index in [9.17, 15) is 33.6 Å². The lowest BCUT2D eigenvalue weighted by molar-refractivity contribution is -0.143. The molecular weight excluding hydrogens is 1600 g/mol. The summed E-state index contributed by atoms with van der Waals surface area (Å²) in [7, 11) is 3.00. The van der Waals surface area contributed by atoms with E-state index in [4.69, 9.17) is 45.7 Å².